The van der Waals surface area contributed by atoms with Gasteiger partial charge in [-0.05, 0) is 62.2 Å². The van der Waals surface area contributed by atoms with E-state index in [1.165, 1.54) is 0 Å². The number of methoxy groups -OCH3 is 2. The molecule has 2 rings (SSSR count). The number of amides is 2. The second kappa shape index (κ2) is 10.3. The predicted octanol–water partition coefficient (Wildman–Crippen LogP) is 3.76. The van der Waals surface area contributed by atoms with Crippen molar-refractivity contribution in [3.8, 4) is 11.5 Å². The van der Waals surface area contributed by atoms with Gasteiger partial charge in [-0.15, -0.1) is 0 Å². The van der Waals surface area contributed by atoms with E-state index in [4.69, 9.17) is 9.47 Å². The highest BCUT2D eigenvalue weighted by Crippen LogP contribution is 2.25. The van der Waals surface area contributed by atoms with Crippen molar-refractivity contribution in [2.45, 2.75) is 26.7 Å². The molecule has 0 saturated carbocycles. The fourth-order valence-corrected chi connectivity index (χ4v) is 2.97. The monoisotopic (exact) mass is 384 g/mol. The molecule has 0 radical (unpaired) electrons. The third-order valence-corrected chi connectivity index (χ3v) is 4.55. The molecule has 150 valence electrons. The summed E-state index contributed by atoms with van der Waals surface area (Å²) in [5.74, 6) is 1.28. The molecule has 0 aliphatic heterocycles. The summed E-state index contributed by atoms with van der Waals surface area (Å²) in [5, 5.41) is 2.87. The highest BCUT2D eigenvalue weighted by Gasteiger charge is 2.14. The van der Waals surface area contributed by atoms with Crippen LogP contribution in [0.3, 0.4) is 0 Å². The molecular weight excluding hydrogens is 356 g/mol. The van der Waals surface area contributed by atoms with Crippen molar-refractivity contribution in [2.24, 2.45) is 0 Å². The van der Waals surface area contributed by atoms with Gasteiger partial charge in [-0.25, -0.2) is 0 Å². The van der Waals surface area contributed by atoms with Gasteiger partial charge in [0.1, 0.15) is 11.5 Å². The number of carbonyl (C=O) groups excluding carboxylic acids is 2. The summed E-state index contributed by atoms with van der Waals surface area (Å²) < 4.78 is 10.6. The minimum absolute atomic E-state index is 0.0396. The molecule has 0 atom stereocenters. The average molecular weight is 384 g/mol. The van der Waals surface area contributed by atoms with Crippen molar-refractivity contribution in [3.63, 3.8) is 0 Å². The van der Waals surface area contributed by atoms with Crippen LogP contribution in [0.25, 0.3) is 0 Å². The molecular formula is C22H28N2O4. The van der Waals surface area contributed by atoms with E-state index < -0.39 is 0 Å². The van der Waals surface area contributed by atoms with Crippen LogP contribution >= 0.6 is 0 Å². The van der Waals surface area contributed by atoms with Gasteiger partial charge < -0.3 is 19.7 Å². The predicted molar refractivity (Wildman–Crippen MR) is 110 cm³/mol. The van der Waals surface area contributed by atoms with Crippen molar-refractivity contribution in [2.75, 3.05) is 32.6 Å². The fraction of sp³-hybridized carbons (Fsp3) is 0.364. The molecule has 0 saturated heterocycles. The maximum atomic E-state index is 12.5. The molecule has 0 heterocycles. The number of anilines is 1. The standard InChI is InChI=1S/C22H28N2O4/c1-5-24(6-2)22(26)17-8-7-9-18(14-17)23-21(25)13-10-16-15-19(27-3)11-12-20(16)28-4/h7-9,11-12,14-15H,5-6,10,13H2,1-4H3,(H,23,25). The Labute approximate surface area is 166 Å². The lowest BCUT2D eigenvalue weighted by molar-refractivity contribution is -0.116. The quantitative estimate of drug-likeness (QED) is 0.715. The van der Waals surface area contributed by atoms with Crippen molar-refractivity contribution < 1.29 is 19.1 Å². The summed E-state index contributed by atoms with van der Waals surface area (Å²) >= 11 is 0. The number of hydrogen-bond donors (Lipinski definition) is 1. The Balaban J connectivity index is 2.02. The topological polar surface area (TPSA) is 67.9 Å². The van der Waals surface area contributed by atoms with Crippen LogP contribution in [0.1, 0.15) is 36.2 Å². The first-order chi connectivity index (χ1) is 13.5. The van der Waals surface area contributed by atoms with Gasteiger partial charge >= 0.3 is 0 Å². The molecule has 0 aromatic heterocycles. The summed E-state index contributed by atoms with van der Waals surface area (Å²) in [6.07, 6.45) is 0.808. The number of nitrogens with one attached hydrogen (secondary N) is 1. The van der Waals surface area contributed by atoms with Gasteiger partial charge in [-0.1, -0.05) is 6.07 Å². The third-order valence-electron chi connectivity index (χ3n) is 4.55. The SMILES string of the molecule is CCN(CC)C(=O)c1cccc(NC(=O)CCc2cc(OC)ccc2OC)c1. The van der Waals surface area contributed by atoms with E-state index in [0.717, 1.165) is 17.1 Å². The molecule has 0 aliphatic rings. The second-order valence-corrected chi connectivity index (χ2v) is 6.28. The zero-order valence-electron chi connectivity index (χ0n) is 17.0. The first kappa shape index (κ1) is 21.3. The van der Waals surface area contributed by atoms with E-state index in [9.17, 15) is 9.59 Å². The number of rotatable bonds is 9. The highest BCUT2D eigenvalue weighted by atomic mass is 16.5. The molecule has 0 spiro atoms. The number of aryl methyl sites for hydroxylation is 1. The van der Waals surface area contributed by atoms with Gasteiger partial charge in [-0.3, -0.25) is 9.59 Å². The highest BCUT2D eigenvalue weighted by molar-refractivity contribution is 5.97. The van der Waals surface area contributed by atoms with Crippen LogP contribution in [0.15, 0.2) is 42.5 Å². The lowest BCUT2D eigenvalue weighted by Crippen LogP contribution is -2.30. The first-order valence-corrected chi connectivity index (χ1v) is 9.42. The summed E-state index contributed by atoms with van der Waals surface area (Å²) in [4.78, 5) is 26.6. The van der Waals surface area contributed by atoms with E-state index >= 15 is 0 Å². The summed E-state index contributed by atoms with van der Waals surface area (Å²) in [6, 6.07) is 12.5. The molecule has 28 heavy (non-hydrogen) atoms. The van der Waals surface area contributed by atoms with Crippen LogP contribution in [0.5, 0.6) is 11.5 Å². The van der Waals surface area contributed by atoms with Gasteiger partial charge in [0.2, 0.25) is 5.91 Å². The molecule has 2 aromatic carbocycles. The van der Waals surface area contributed by atoms with Crippen molar-refractivity contribution in [1.82, 2.24) is 4.90 Å². The van der Waals surface area contributed by atoms with Crippen molar-refractivity contribution in [3.05, 3.63) is 53.6 Å². The van der Waals surface area contributed by atoms with Gasteiger partial charge in [-0.2, -0.15) is 0 Å². The van der Waals surface area contributed by atoms with Gasteiger partial charge in [0.05, 0.1) is 14.2 Å². The minimum Gasteiger partial charge on any atom is -0.497 e. The molecule has 6 nitrogen and oxygen atoms in total. The lowest BCUT2D eigenvalue weighted by Gasteiger charge is -2.19. The van der Waals surface area contributed by atoms with Crippen LogP contribution in [0.2, 0.25) is 0 Å². The molecule has 1 N–H and O–H groups in total. The fourth-order valence-electron chi connectivity index (χ4n) is 2.97. The van der Waals surface area contributed by atoms with E-state index in [2.05, 4.69) is 5.32 Å². The number of hydrogen-bond acceptors (Lipinski definition) is 4. The largest absolute Gasteiger partial charge is 0.497 e. The van der Waals surface area contributed by atoms with E-state index in [-0.39, 0.29) is 18.2 Å². The maximum Gasteiger partial charge on any atom is 0.253 e. The van der Waals surface area contributed by atoms with Crippen LogP contribution in [0, 0.1) is 0 Å². The Bertz CT molecular complexity index is 816. The second-order valence-electron chi connectivity index (χ2n) is 6.28. The molecule has 6 heteroatoms. The number of ether oxygens (including phenoxy) is 2. The van der Waals surface area contributed by atoms with E-state index in [0.29, 0.717) is 30.8 Å². The number of benzene rings is 2. The molecule has 0 fully saturated rings. The first-order valence-electron chi connectivity index (χ1n) is 9.42. The lowest BCUT2D eigenvalue weighted by atomic mass is 10.1. The van der Waals surface area contributed by atoms with Gasteiger partial charge in [0, 0.05) is 30.8 Å². The van der Waals surface area contributed by atoms with E-state index in [1.54, 1.807) is 43.4 Å². The van der Waals surface area contributed by atoms with Crippen molar-refractivity contribution >= 4 is 17.5 Å². The van der Waals surface area contributed by atoms with Crippen LogP contribution < -0.4 is 14.8 Å². The number of carbonyl (C=O) groups is 2. The number of nitrogens with zero attached hydrogens (tertiary/aromatic N) is 1. The maximum absolute atomic E-state index is 12.5. The molecule has 2 amide bonds. The van der Waals surface area contributed by atoms with Crippen molar-refractivity contribution in [1.29, 1.82) is 0 Å². The summed E-state index contributed by atoms with van der Waals surface area (Å²) in [5.41, 5.74) is 2.08. The molecule has 0 bridgehead atoms. The Kier molecular flexibility index (Phi) is 7.87. The van der Waals surface area contributed by atoms with Gasteiger partial charge in [0.15, 0.2) is 0 Å². The van der Waals surface area contributed by atoms with Crippen LogP contribution in [-0.4, -0.2) is 44.0 Å². The smallest absolute Gasteiger partial charge is 0.253 e. The molecule has 2 aromatic rings. The zero-order valence-corrected chi connectivity index (χ0v) is 17.0. The summed E-state index contributed by atoms with van der Waals surface area (Å²) in [6.45, 7) is 5.18. The average Bonchev–Trinajstić information content (AvgIpc) is 2.73. The van der Waals surface area contributed by atoms with E-state index in [1.807, 2.05) is 32.0 Å². The Morgan fingerprint density at radius 1 is 1.00 bits per heavy atom. The molecule has 0 unspecified atom stereocenters. The molecule has 0 aliphatic carbocycles. The third kappa shape index (κ3) is 5.49. The van der Waals surface area contributed by atoms with Gasteiger partial charge in [0.25, 0.3) is 5.91 Å². The summed E-state index contributed by atoms with van der Waals surface area (Å²) in [7, 11) is 3.20. The van der Waals surface area contributed by atoms with Crippen LogP contribution in [-0.2, 0) is 11.2 Å². The zero-order chi connectivity index (χ0) is 20.5. The van der Waals surface area contributed by atoms with Crippen LogP contribution in [0.4, 0.5) is 5.69 Å². The Morgan fingerprint density at radius 2 is 1.75 bits per heavy atom. The normalized spacial score (nSPS) is 10.3. The Morgan fingerprint density at radius 3 is 2.39 bits per heavy atom. The Hall–Kier alpha value is -3.02. The minimum atomic E-state index is -0.127.